The smallest absolute Gasteiger partial charge is 0.276 e. The molecule has 1 aromatic heterocycles. The molecule has 1 saturated heterocycles. The second kappa shape index (κ2) is 5.29. The number of hydrogen-bond acceptors (Lipinski definition) is 4. The maximum absolute atomic E-state index is 12.5. The molecule has 1 atom stereocenters. The van der Waals surface area contributed by atoms with E-state index in [4.69, 9.17) is 0 Å². The molecule has 1 unspecified atom stereocenters. The third-order valence-electron chi connectivity index (χ3n) is 4.25. The molecule has 1 fully saturated rings. The Morgan fingerprint density at radius 1 is 1.38 bits per heavy atom. The number of nitrogens with zero attached hydrogens (tertiary/aromatic N) is 3. The van der Waals surface area contributed by atoms with Gasteiger partial charge >= 0.3 is 0 Å². The van der Waals surface area contributed by atoms with E-state index in [1.165, 1.54) is 0 Å². The topological polar surface area (TPSA) is 82.1 Å². The Morgan fingerprint density at radius 3 is 2.76 bits per heavy atom. The van der Waals surface area contributed by atoms with Gasteiger partial charge in [0, 0.05) is 18.5 Å². The van der Waals surface area contributed by atoms with E-state index in [-0.39, 0.29) is 17.9 Å². The highest BCUT2D eigenvalue weighted by Crippen LogP contribution is 2.34. The lowest BCUT2D eigenvalue weighted by molar-refractivity contribution is 0.0767. The van der Waals surface area contributed by atoms with Crippen LogP contribution >= 0.6 is 0 Å². The minimum absolute atomic E-state index is 0.0264. The molecule has 3 rings (SSSR count). The van der Waals surface area contributed by atoms with E-state index in [2.05, 4.69) is 15.4 Å². The van der Waals surface area contributed by atoms with Crippen LogP contribution in [0.3, 0.4) is 0 Å². The van der Waals surface area contributed by atoms with Crippen LogP contribution in [0.5, 0.6) is 0 Å². The predicted molar refractivity (Wildman–Crippen MR) is 76.8 cm³/mol. The van der Waals surface area contributed by atoms with Crippen molar-refractivity contribution in [3.8, 4) is 0 Å². The summed E-state index contributed by atoms with van der Waals surface area (Å²) in [6, 6.07) is 9.88. The van der Waals surface area contributed by atoms with E-state index in [0.29, 0.717) is 24.5 Å². The lowest BCUT2D eigenvalue weighted by atomic mass is 9.80. The van der Waals surface area contributed by atoms with Gasteiger partial charge < -0.3 is 10.0 Å². The SMILES string of the molecule is Cc1n[nH]nc1C(=O)N1CCC(CO)(c2ccccc2)C1. The molecular weight excluding hydrogens is 268 g/mol. The molecule has 1 amide bonds. The van der Waals surface area contributed by atoms with Gasteiger partial charge in [-0.15, -0.1) is 0 Å². The fraction of sp³-hybridized carbons (Fsp3) is 0.400. The van der Waals surface area contributed by atoms with Crippen LogP contribution in [-0.4, -0.2) is 51.0 Å². The first-order valence-electron chi connectivity index (χ1n) is 6.99. The van der Waals surface area contributed by atoms with Crippen molar-refractivity contribution in [2.45, 2.75) is 18.8 Å². The number of amides is 1. The molecule has 0 saturated carbocycles. The Kier molecular flexibility index (Phi) is 3.47. The second-order valence-corrected chi connectivity index (χ2v) is 5.54. The van der Waals surface area contributed by atoms with Gasteiger partial charge in [0.05, 0.1) is 12.3 Å². The fourth-order valence-corrected chi connectivity index (χ4v) is 2.93. The van der Waals surface area contributed by atoms with Gasteiger partial charge in [0.25, 0.3) is 5.91 Å². The minimum Gasteiger partial charge on any atom is -0.395 e. The highest BCUT2D eigenvalue weighted by molar-refractivity contribution is 5.93. The molecule has 1 aromatic carbocycles. The van der Waals surface area contributed by atoms with E-state index in [0.717, 1.165) is 12.0 Å². The molecule has 0 radical (unpaired) electrons. The monoisotopic (exact) mass is 286 g/mol. The highest BCUT2D eigenvalue weighted by atomic mass is 16.3. The van der Waals surface area contributed by atoms with Crippen molar-refractivity contribution >= 4 is 5.91 Å². The lowest BCUT2D eigenvalue weighted by Gasteiger charge is -2.27. The fourth-order valence-electron chi connectivity index (χ4n) is 2.93. The number of hydrogen-bond donors (Lipinski definition) is 2. The van der Waals surface area contributed by atoms with E-state index in [1.54, 1.807) is 11.8 Å². The van der Waals surface area contributed by atoms with Crippen LogP contribution in [-0.2, 0) is 5.41 Å². The second-order valence-electron chi connectivity index (χ2n) is 5.54. The Bertz CT molecular complexity index is 640. The Labute approximate surface area is 122 Å². The summed E-state index contributed by atoms with van der Waals surface area (Å²) < 4.78 is 0. The van der Waals surface area contributed by atoms with Crippen molar-refractivity contribution in [3.63, 3.8) is 0 Å². The zero-order valence-electron chi connectivity index (χ0n) is 11.9. The molecule has 0 aliphatic carbocycles. The van der Waals surface area contributed by atoms with Gasteiger partial charge in [-0.2, -0.15) is 15.4 Å². The number of nitrogens with one attached hydrogen (secondary N) is 1. The number of aliphatic hydroxyl groups is 1. The number of H-pyrrole nitrogens is 1. The first-order chi connectivity index (χ1) is 10.2. The number of aliphatic hydroxyl groups excluding tert-OH is 1. The van der Waals surface area contributed by atoms with Crippen molar-refractivity contribution in [2.75, 3.05) is 19.7 Å². The van der Waals surface area contributed by atoms with Crippen molar-refractivity contribution in [2.24, 2.45) is 0 Å². The standard InChI is InChI=1S/C15H18N4O2/c1-11-13(17-18-16-11)14(21)19-8-7-15(9-19,10-20)12-5-3-2-4-6-12/h2-6,20H,7-10H2,1H3,(H,16,17,18). The van der Waals surface area contributed by atoms with Gasteiger partial charge in [-0.1, -0.05) is 30.3 Å². The predicted octanol–water partition coefficient (Wildman–Crippen LogP) is 0.889. The van der Waals surface area contributed by atoms with Crippen LogP contribution < -0.4 is 0 Å². The normalized spacial score (nSPS) is 21.7. The zero-order chi connectivity index (χ0) is 14.9. The maximum atomic E-state index is 12.5. The quantitative estimate of drug-likeness (QED) is 0.878. The summed E-state index contributed by atoms with van der Waals surface area (Å²) in [5.41, 5.74) is 1.65. The highest BCUT2D eigenvalue weighted by Gasteiger charge is 2.41. The molecule has 6 heteroatoms. The van der Waals surface area contributed by atoms with Gasteiger partial charge in [0.2, 0.25) is 0 Å². The number of likely N-dealkylation sites (tertiary alicyclic amines) is 1. The van der Waals surface area contributed by atoms with Crippen molar-refractivity contribution in [1.29, 1.82) is 0 Å². The average Bonchev–Trinajstić information content (AvgIpc) is 3.15. The molecule has 1 aliphatic rings. The first kappa shape index (κ1) is 13.8. The molecule has 2 aromatic rings. The number of rotatable bonds is 3. The summed E-state index contributed by atoms with van der Waals surface area (Å²) in [7, 11) is 0. The molecule has 2 heterocycles. The molecular formula is C15H18N4O2. The summed E-state index contributed by atoms with van der Waals surface area (Å²) in [6.07, 6.45) is 0.746. The van der Waals surface area contributed by atoms with Gasteiger partial charge in [-0.25, -0.2) is 0 Å². The maximum Gasteiger partial charge on any atom is 0.276 e. The van der Waals surface area contributed by atoms with E-state index < -0.39 is 0 Å². The van der Waals surface area contributed by atoms with Crippen LogP contribution in [0.1, 0.15) is 28.2 Å². The summed E-state index contributed by atoms with van der Waals surface area (Å²) in [5, 5.41) is 20.2. The Morgan fingerprint density at radius 2 is 2.14 bits per heavy atom. The number of aromatic nitrogens is 3. The number of aryl methyl sites for hydroxylation is 1. The zero-order valence-corrected chi connectivity index (χ0v) is 11.9. The third-order valence-corrected chi connectivity index (χ3v) is 4.25. The molecule has 21 heavy (non-hydrogen) atoms. The van der Waals surface area contributed by atoms with Gasteiger partial charge in [-0.3, -0.25) is 4.79 Å². The number of carbonyl (C=O) groups excluding carboxylic acids is 1. The molecule has 0 spiro atoms. The van der Waals surface area contributed by atoms with Gasteiger partial charge in [0.1, 0.15) is 0 Å². The Hall–Kier alpha value is -2.21. The number of benzene rings is 1. The number of aromatic amines is 1. The summed E-state index contributed by atoms with van der Waals surface area (Å²) in [5.74, 6) is -0.132. The van der Waals surface area contributed by atoms with Crippen LogP contribution in [0.2, 0.25) is 0 Å². The van der Waals surface area contributed by atoms with Crippen LogP contribution in [0, 0.1) is 6.92 Å². The third kappa shape index (κ3) is 2.31. The molecule has 6 nitrogen and oxygen atoms in total. The van der Waals surface area contributed by atoms with E-state index >= 15 is 0 Å². The van der Waals surface area contributed by atoms with E-state index in [9.17, 15) is 9.90 Å². The van der Waals surface area contributed by atoms with Gasteiger partial charge in [0.15, 0.2) is 5.69 Å². The van der Waals surface area contributed by atoms with Gasteiger partial charge in [-0.05, 0) is 18.9 Å². The lowest BCUT2D eigenvalue weighted by Crippen LogP contribution is -2.37. The van der Waals surface area contributed by atoms with E-state index in [1.807, 2.05) is 30.3 Å². The summed E-state index contributed by atoms with van der Waals surface area (Å²) in [6.45, 7) is 2.89. The minimum atomic E-state index is -0.380. The van der Waals surface area contributed by atoms with Crippen LogP contribution in [0.15, 0.2) is 30.3 Å². The molecule has 2 N–H and O–H groups in total. The van der Waals surface area contributed by atoms with Crippen molar-refractivity contribution in [3.05, 3.63) is 47.3 Å². The molecule has 0 bridgehead atoms. The largest absolute Gasteiger partial charge is 0.395 e. The van der Waals surface area contributed by atoms with Crippen molar-refractivity contribution < 1.29 is 9.90 Å². The van der Waals surface area contributed by atoms with Crippen molar-refractivity contribution in [1.82, 2.24) is 20.3 Å². The van der Waals surface area contributed by atoms with Crippen LogP contribution in [0.25, 0.3) is 0 Å². The summed E-state index contributed by atoms with van der Waals surface area (Å²) >= 11 is 0. The first-order valence-corrected chi connectivity index (χ1v) is 6.99. The molecule has 1 aliphatic heterocycles. The Balaban J connectivity index is 1.84. The average molecular weight is 286 g/mol. The summed E-state index contributed by atoms with van der Waals surface area (Å²) in [4.78, 5) is 14.2. The number of carbonyl (C=O) groups is 1. The van der Waals surface area contributed by atoms with Crippen LogP contribution in [0.4, 0.5) is 0 Å². The molecule has 110 valence electrons.